The molecule has 1 heterocycles. The summed E-state index contributed by atoms with van der Waals surface area (Å²) in [4.78, 5) is 4.06. The van der Waals surface area contributed by atoms with E-state index in [1.165, 1.54) is 0 Å². The van der Waals surface area contributed by atoms with Crippen LogP contribution < -0.4 is 15.8 Å². The van der Waals surface area contributed by atoms with Crippen molar-refractivity contribution < 1.29 is 9.94 Å². The Balaban J connectivity index is 2.28. The molecule has 1 aromatic rings. The number of amidine groups is 1. The van der Waals surface area contributed by atoms with Gasteiger partial charge < -0.3 is 21.0 Å². The summed E-state index contributed by atoms with van der Waals surface area (Å²) in [6.07, 6.45) is 3.54. The maximum atomic E-state index is 8.70. The second-order valence-electron chi connectivity index (χ2n) is 5.36. The second kappa shape index (κ2) is 7.69. The molecule has 0 saturated carbocycles. The average Bonchev–Trinajstić information content (AvgIpc) is 2.46. The number of oxime groups is 1. The summed E-state index contributed by atoms with van der Waals surface area (Å²) in [5, 5.41) is 15.1. The van der Waals surface area contributed by atoms with E-state index in [9.17, 15) is 0 Å². The molecule has 1 rings (SSSR count). The molecule has 0 aliphatic rings. The Morgan fingerprint density at radius 3 is 2.95 bits per heavy atom. The molecule has 0 fully saturated rings. The molecule has 0 amide bonds. The number of aromatic nitrogens is 1. The molecule has 4 N–H and O–H groups in total. The van der Waals surface area contributed by atoms with Gasteiger partial charge in [0.15, 0.2) is 0 Å². The first-order valence-corrected chi connectivity index (χ1v) is 6.67. The first-order valence-electron chi connectivity index (χ1n) is 6.67. The van der Waals surface area contributed by atoms with Crippen LogP contribution in [0, 0.1) is 5.41 Å². The second-order valence-corrected chi connectivity index (χ2v) is 5.36. The number of nitrogens with zero attached hydrogens (tertiary/aromatic N) is 2. The minimum atomic E-state index is -0.281. The summed E-state index contributed by atoms with van der Waals surface area (Å²) in [7, 11) is 1.61. The third-order valence-electron chi connectivity index (χ3n) is 3.29. The molecule has 0 spiro atoms. The molecular formula is C14H24N4O2. The van der Waals surface area contributed by atoms with Crippen molar-refractivity contribution in [3.8, 4) is 5.88 Å². The molecule has 6 heteroatoms. The number of hydrogen-bond acceptors (Lipinski definition) is 5. The summed E-state index contributed by atoms with van der Waals surface area (Å²) in [5.41, 5.74) is 6.50. The number of methoxy groups -OCH3 is 1. The van der Waals surface area contributed by atoms with Crippen molar-refractivity contribution in [2.24, 2.45) is 16.3 Å². The van der Waals surface area contributed by atoms with E-state index in [-0.39, 0.29) is 11.3 Å². The minimum absolute atomic E-state index is 0.274. The van der Waals surface area contributed by atoms with Crippen LogP contribution in [0.15, 0.2) is 23.5 Å². The third kappa shape index (κ3) is 5.05. The van der Waals surface area contributed by atoms with Crippen LogP contribution in [0.4, 0.5) is 0 Å². The highest BCUT2D eigenvalue weighted by atomic mass is 16.5. The molecule has 0 radical (unpaired) electrons. The van der Waals surface area contributed by atoms with Gasteiger partial charge in [-0.05, 0) is 31.0 Å². The van der Waals surface area contributed by atoms with E-state index >= 15 is 0 Å². The van der Waals surface area contributed by atoms with Crippen LogP contribution in [0.5, 0.6) is 5.88 Å². The molecule has 0 atom stereocenters. The molecule has 0 unspecified atom stereocenters. The van der Waals surface area contributed by atoms with Crippen LogP contribution in [-0.4, -0.2) is 29.7 Å². The monoisotopic (exact) mass is 280 g/mol. The largest absolute Gasteiger partial charge is 0.481 e. The van der Waals surface area contributed by atoms with Gasteiger partial charge in [-0.2, -0.15) is 0 Å². The maximum absolute atomic E-state index is 8.70. The number of hydrogen-bond donors (Lipinski definition) is 3. The molecule has 0 bridgehead atoms. The van der Waals surface area contributed by atoms with E-state index in [0.717, 1.165) is 31.5 Å². The van der Waals surface area contributed by atoms with E-state index < -0.39 is 0 Å². The van der Waals surface area contributed by atoms with Crippen molar-refractivity contribution in [1.82, 2.24) is 10.3 Å². The molecule has 0 aliphatic heterocycles. The lowest BCUT2D eigenvalue weighted by Crippen LogP contribution is -2.32. The van der Waals surface area contributed by atoms with Gasteiger partial charge in [0.2, 0.25) is 5.88 Å². The number of rotatable bonds is 8. The maximum Gasteiger partial charge on any atom is 0.213 e. The standard InChI is InChI=1S/C14H24N4O2/c1-14(2,13(15)18-19)6-4-7-16-10-11-5-8-17-12(9-11)20-3/h5,8-9,16,19H,4,6-7,10H2,1-3H3,(H2,15,18). The molecule has 0 aromatic carbocycles. The quantitative estimate of drug-likeness (QED) is 0.222. The predicted molar refractivity (Wildman–Crippen MR) is 78.9 cm³/mol. The van der Waals surface area contributed by atoms with E-state index in [1.807, 2.05) is 26.0 Å². The molecule has 6 nitrogen and oxygen atoms in total. The van der Waals surface area contributed by atoms with Crippen molar-refractivity contribution in [1.29, 1.82) is 0 Å². The lowest BCUT2D eigenvalue weighted by atomic mass is 9.86. The number of nitrogens with one attached hydrogen (secondary N) is 1. The number of ether oxygens (including phenoxy) is 1. The zero-order valence-electron chi connectivity index (χ0n) is 12.4. The Bertz CT molecular complexity index is 447. The van der Waals surface area contributed by atoms with Gasteiger partial charge in [-0.1, -0.05) is 19.0 Å². The van der Waals surface area contributed by atoms with Gasteiger partial charge in [0.25, 0.3) is 0 Å². The van der Waals surface area contributed by atoms with Gasteiger partial charge in [0, 0.05) is 24.2 Å². The zero-order valence-corrected chi connectivity index (χ0v) is 12.4. The van der Waals surface area contributed by atoms with Gasteiger partial charge in [0.1, 0.15) is 5.84 Å². The zero-order chi connectivity index (χ0) is 15.0. The topological polar surface area (TPSA) is 92.8 Å². The van der Waals surface area contributed by atoms with Crippen LogP contribution in [0.2, 0.25) is 0 Å². The fourth-order valence-electron chi connectivity index (χ4n) is 1.82. The van der Waals surface area contributed by atoms with Crippen molar-refractivity contribution >= 4 is 5.84 Å². The van der Waals surface area contributed by atoms with Gasteiger partial charge >= 0.3 is 0 Å². The van der Waals surface area contributed by atoms with Crippen molar-refractivity contribution in [3.63, 3.8) is 0 Å². The Labute approximate surface area is 120 Å². The molecular weight excluding hydrogens is 256 g/mol. The third-order valence-corrected chi connectivity index (χ3v) is 3.29. The van der Waals surface area contributed by atoms with E-state index in [4.69, 9.17) is 15.7 Å². The Kier molecular flexibility index (Phi) is 6.24. The molecule has 20 heavy (non-hydrogen) atoms. The highest BCUT2D eigenvalue weighted by Crippen LogP contribution is 2.21. The van der Waals surface area contributed by atoms with Crippen LogP contribution in [-0.2, 0) is 6.54 Å². The summed E-state index contributed by atoms with van der Waals surface area (Å²) < 4.78 is 5.08. The van der Waals surface area contributed by atoms with Crippen molar-refractivity contribution in [2.45, 2.75) is 33.2 Å². The fraction of sp³-hybridized carbons (Fsp3) is 0.571. The fourth-order valence-corrected chi connectivity index (χ4v) is 1.82. The van der Waals surface area contributed by atoms with E-state index in [1.54, 1.807) is 13.3 Å². The Morgan fingerprint density at radius 2 is 2.30 bits per heavy atom. The van der Waals surface area contributed by atoms with Gasteiger partial charge in [-0.3, -0.25) is 0 Å². The van der Waals surface area contributed by atoms with E-state index in [2.05, 4.69) is 15.5 Å². The SMILES string of the molecule is COc1cc(CNCCCC(C)(C)C(N)=NO)ccn1. The molecule has 112 valence electrons. The molecule has 0 saturated heterocycles. The van der Waals surface area contributed by atoms with Crippen LogP contribution in [0.3, 0.4) is 0 Å². The van der Waals surface area contributed by atoms with Crippen LogP contribution in [0.1, 0.15) is 32.3 Å². The Morgan fingerprint density at radius 1 is 1.55 bits per heavy atom. The van der Waals surface area contributed by atoms with Gasteiger partial charge in [0.05, 0.1) is 7.11 Å². The lowest BCUT2D eigenvalue weighted by Gasteiger charge is -2.22. The molecule has 0 aliphatic carbocycles. The summed E-state index contributed by atoms with van der Waals surface area (Å²) in [6.45, 7) is 5.57. The number of pyridine rings is 1. The smallest absolute Gasteiger partial charge is 0.213 e. The van der Waals surface area contributed by atoms with Crippen LogP contribution >= 0.6 is 0 Å². The van der Waals surface area contributed by atoms with Gasteiger partial charge in [-0.25, -0.2) is 4.98 Å². The summed E-state index contributed by atoms with van der Waals surface area (Å²) in [6, 6.07) is 3.86. The normalized spacial score (nSPS) is 12.4. The first-order chi connectivity index (χ1) is 9.49. The average molecular weight is 280 g/mol. The van der Waals surface area contributed by atoms with Crippen molar-refractivity contribution in [2.75, 3.05) is 13.7 Å². The Hall–Kier alpha value is -1.82. The molecule has 1 aromatic heterocycles. The summed E-state index contributed by atoms with van der Waals surface area (Å²) in [5.74, 6) is 0.897. The lowest BCUT2D eigenvalue weighted by molar-refractivity contribution is 0.304. The van der Waals surface area contributed by atoms with Crippen molar-refractivity contribution in [3.05, 3.63) is 23.9 Å². The predicted octanol–water partition coefficient (Wildman–Crippen LogP) is 1.73. The minimum Gasteiger partial charge on any atom is -0.481 e. The summed E-state index contributed by atoms with van der Waals surface area (Å²) >= 11 is 0. The van der Waals surface area contributed by atoms with Gasteiger partial charge in [-0.15, -0.1) is 0 Å². The van der Waals surface area contributed by atoms with E-state index in [0.29, 0.717) is 5.88 Å². The number of nitrogens with two attached hydrogens (primary N) is 1. The van der Waals surface area contributed by atoms with Crippen LogP contribution in [0.25, 0.3) is 0 Å². The highest BCUT2D eigenvalue weighted by molar-refractivity contribution is 5.85. The first kappa shape index (κ1) is 16.2. The highest BCUT2D eigenvalue weighted by Gasteiger charge is 2.22.